The number of aromatic hydroxyl groups is 1. The summed E-state index contributed by atoms with van der Waals surface area (Å²) in [5, 5.41) is 48.0. The Morgan fingerprint density at radius 2 is 1.81 bits per heavy atom. The number of benzene rings is 1. The van der Waals surface area contributed by atoms with Crippen molar-refractivity contribution in [1.82, 2.24) is 0 Å². The van der Waals surface area contributed by atoms with Crippen molar-refractivity contribution in [2.45, 2.75) is 37.6 Å². The lowest BCUT2D eigenvalue weighted by Gasteiger charge is -2.39. The van der Waals surface area contributed by atoms with E-state index in [4.69, 9.17) is 19.3 Å². The minimum atomic E-state index is -1.58. The van der Waals surface area contributed by atoms with Gasteiger partial charge in [0.25, 0.3) is 0 Å². The van der Waals surface area contributed by atoms with Crippen molar-refractivity contribution in [3.05, 3.63) is 35.9 Å². The highest BCUT2D eigenvalue weighted by molar-refractivity contribution is 5.87. The Labute approximate surface area is 149 Å². The van der Waals surface area contributed by atoms with E-state index in [-0.39, 0.29) is 23.7 Å². The van der Waals surface area contributed by atoms with Gasteiger partial charge in [0, 0.05) is 5.57 Å². The van der Waals surface area contributed by atoms with Crippen molar-refractivity contribution in [3.63, 3.8) is 0 Å². The summed E-state index contributed by atoms with van der Waals surface area (Å²) in [6, 6.07) is 5.60. The Bertz CT molecular complexity index is 628. The summed E-state index contributed by atoms with van der Waals surface area (Å²) in [4.78, 5) is 11.7. The van der Waals surface area contributed by atoms with Crippen molar-refractivity contribution in [1.29, 1.82) is 0 Å². The number of carbonyl (C=O) groups excluding carboxylic acids is 1. The van der Waals surface area contributed by atoms with E-state index in [0.29, 0.717) is 0 Å². The molecule has 1 heterocycles. The summed E-state index contributed by atoms with van der Waals surface area (Å²) in [5.41, 5.74) is 0.176. The fourth-order valence-electron chi connectivity index (χ4n) is 2.30. The zero-order valence-electron chi connectivity index (χ0n) is 14.1. The molecule has 5 atom stereocenters. The second-order valence-corrected chi connectivity index (χ2v) is 5.79. The number of phenolic OH excluding ortho intramolecular Hbond substituents is 1. The van der Waals surface area contributed by atoms with Gasteiger partial charge in [0.15, 0.2) is 0 Å². The van der Waals surface area contributed by atoms with Gasteiger partial charge in [0.1, 0.15) is 42.5 Å². The third-order valence-electron chi connectivity index (χ3n) is 3.86. The van der Waals surface area contributed by atoms with Gasteiger partial charge in [-0.15, -0.1) is 0 Å². The predicted molar refractivity (Wildman–Crippen MR) is 87.2 cm³/mol. The van der Waals surface area contributed by atoms with Crippen LogP contribution in [0.4, 0.5) is 0 Å². The minimum Gasteiger partial charge on any atom is -0.508 e. The number of aliphatic hydroxyl groups excluding tert-OH is 4. The first-order valence-corrected chi connectivity index (χ1v) is 7.93. The van der Waals surface area contributed by atoms with E-state index in [1.165, 1.54) is 37.3 Å². The van der Waals surface area contributed by atoms with Gasteiger partial charge >= 0.3 is 5.97 Å². The van der Waals surface area contributed by atoms with Crippen LogP contribution in [0.2, 0.25) is 0 Å². The van der Waals surface area contributed by atoms with Crippen molar-refractivity contribution in [2.24, 2.45) is 0 Å². The fourth-order valence-corrected chi connectivity index (χ4v) is 2.30. The fraction of sp³-hybridized carbons (Fsp3) is 0.471. The van der Waals surface area contributed by atoms with Crippen LogP contribution in [0, 0.1) is 0 Å². The van der Waals surface area contributed by atoms with Crippen LogP contribution in [0.15, 0.2) is 35.9 Å². The summed E-state index contributed by atoms with van der Waals surface area (Å²) in [7, 11) is 0. The number of carbonyl (C=O) groups is 1. The zero-order valence-corrected chi connectivity index (χ0v) is 14.1. The summed E-state index contributed by atoms with van der Waals surface area (Å²) in [6.45, 7) is 0.735. The van der Waals surface area contributed by atoms with Gasteiger partial charge in [-0.25, -0.2) is 4.79 Å². The van der Waals surface area contributed by atoms with Crippen molar-refractivity contribution in [3.8, 4) is 11.5 Å². The molecule has 26 heavy (non-hydrogen) atoms. The Hall–Kier alpha value is -2.17. The molecule has 0 radical (unpaired) electrons. The maximum atomic E-state index is 11.7. The van der Waals surface area contributed by atoms with Gasteiger partial charge < -0.3 is 39.7 Å². The standard InChI is InChI=1S/C17H22O9/c1-9(6-7-18)16(23)24-8-12-13(20)14(21)15(22)17(26-12)25-11-4-2-10(19)3-5-11/h2-6,12-15,17-22H,7-8H2,1H3/b9-6+/t12-,13-,14+,15-,17-/m1/s1. The third-order valence-corrected chi connectivity index (χ3v) is 3.86. The summed E-state index contributed by atoms with van der Waals surface area (Å²) >= 11 is 0. The van der Waals surface area contributed by atoms with Crippen LogP contribution < -0.4 is 4.74 Å². The first-order valence-electron chi connectivity index (χ1n) is 7.93. The number of esters is 1. The van der Waals surface area contributed by atoms with Gasteiger partial charge in [-0.05, 0) is 37.3 Å². The smallest absolute Gasteiger partial charge is 0.333 e. The Balaban J connectivity index is 2.01. The molecular weight excluding hydrogens is 348 g/mol. The van der Waals surface area contributed by atoms with Gasteiger partial charge in [-0.3, -0.25) is 0 Å². The molecule has 0 aromatic heterocycles. The summed E-state index contributed by atoms with van der Waals surface area (Å²) < 4.78 is 15.8. The van der Waals surface area contributed by atoms with Crippen LogP contribution in [0.25, 0.3) is 0 Å². The lowest BCUT2D eigenvalue weighted by Crippen LogP contribution is -2.60. The highest BCUT2D eigenvalue weighted by atomic mass is 16.7. The normalized spacial score (nSPS) is 29.3. The first kappa shape index (κ1) is 20.1. The molecular formula is C17H22O9. The van der Waals surface area contributed by atoms with E-state index in [1.807, 2.05) is 0 Å². The zero-order chi connectivity index (χ0) is 19.3. The van der Waals surface area contributed by atoms with Crippen molar-refractivity contribution >= 4 is 5.97 Å². The number of hydrogen-bond donors (Lipinski definition) is 5. The molecule has 144 valence electrons. The van der Waals surface area contributed by atoms with E-state index in [1.54, 1.807) is 0 Å². The van der Waals surface area contributed by atoms with Crippen molar-refractivity contribution < 1.29 is 44.5 Å². The first-order chi connectivity index (χ1) is 12.3. The number of rotatable bonds is 6. The second-order valence-electron chi connectivity index (χ2n) is 5.79. The monoisotopic (exact) mass is 370 g/mol. The molecule has 0 amide bonds. The topological polar surface area (TPSA) is 146 Å². The van der Waals surface area contributed by atoms with Crippen LogP contribution in [-0.2, 0) is 14.3 Å². The lowest BCUT2D eigenvalue weighted by atomic mass is 9.99. The number of phenols is 1. The Morgan fingerprint density at radius 3 is 2.42 bits per heavy atom. The SMILES string of the molecule is C/C(=C\CO)C(=O)OC[C@H]1O[C@@H](Oc2ccc(O)cc2)[C@H](O)[C@@H](O)[C@@H]1O. The molecule has 0 unspecified atom stereocenters. The molecule has 0 bridgehead atoms. The van der Waals surface area contributed by atoms with Crippen molar-refractivity contribution in [2.75, 3.05) is 13.2 Å². The van der Waals surface area contributed by atoms with Crippen LogP contribution in [0.5, 0.6) is 11.5 Å². The predicted octanol–water partition coefficient (Wildman–Crippen LogP) is -0.940. The molecule has 9 heteroatoms. The van der Waals surface area contributed by atoms with Gasteiger partial charge in [0.2, 0.25) is 6.29 Å². The molecule has 1 aromatic rings. The summed E-state index contributed by atoms with van der Waals surface area (Å²) in [5.74, 6) is -0.437. The number of hydrogen-bond acceptors (Lipinski definition) is 9. The Kier molecular flexibility index (Phi) is 6.95. The average Bonchev–Trinajstić information content (AvgIpc) is 2.62. The molecule has 1 aliphatic rings. The molecule has 5 N–H and O–H groups in total. The lowest BCUT2D eigenvalue weighted by molar-refractivity contribution is -0.278. The third kappa shape index (κ3) is 4.93. The number of ether oxygens (including phenoxy) is 3. The second kappa shape index (κ2) is 8.97. The van der Waals surface area contributed by atoms with Crippen LogP contribution in [0.1, 0.15) is 6.92 Å². The van der Waals surface area contributed by atoms with E-state index in [9.17, 15) is 25.2 Å². The highest BCUT2D eigenvalue weighted by Gasteiger charge is 2.45. The van der Waals surface area contributed by atoms with Gasteiger partial charge in [-0.2, -0.15) is 0 Å². The van der Waals surface area contributed by atoms with E-state index in [0.717, 1.165) is 0 Å². The van der Waals surface area contributed by atoms with Gasteiger partial charge in [0.05, 0.1) is 6.61 Å². The largest absolute Gasteiger partial charge is 0.508 e. The molecule has 1 aromatic carbocycles. The molecule has 0 aliphatic carbocycles. The molecule has 2 rings (SSSR count). The molecule has 1 fully saturated rings. The van der Waals surface area contributed by atoms with E-state index < -0.39 is 43.3 Å². The highest BCUT2D eigenvalue weighted by Crippen LogP contribution is 2.25. The molecule has 0 saturated carbocycles. The quantitative estimate of drug-likeness (QED) is 0.316. The maximum Gasteiger partial charge on any atom is 0.333 e. The van der Waals surface area contributed by atoms with E-state index >= 15 is 0 Å². The minimum absolute atomic E-state index is 0.0222. The van der Waals surface area contributed by atoms with E-state index in [2.05, 4.69) is 0 Å². The Morgan fingerprint density at radius 1 is 1.15 bits per heavy atom. The van der Waals surface area contributed by atoms with Crippen LogP contribution >= 0.6 is 0 Å². The summed E-state index contributed by atoms with van der Waals surface area (Å²) in [6.07, 6.45) is -5.82. The average molecular weight is 370 g/mol. The van der Waals surface area contributed by atoms with Gasteiger partial charge in [-0.1, -0.05) is 0 Å². The van der Waals surface area contributed by atoms with Crippen LogP contribution in [-0.4, -0.2) is 75.4 Å². The molecule has 1 saturated heterocycles. The molecule has 1 aliphatic heterocycles. The maximum absolute atomic E-state index is 11.7. The van der Waals surface area contributed by atoms with Crippen LogP contribution in [0.3, 0.4) is 0 Å². The molecule has 9 nitrogen and oxygen atoms in total. The molecule has 0 spiro atoms. The number of aliphatic hydroxyl groups is 4.